The van der Waals surface area contributed by atoms with Crippen molar-refractivity contribution in [2.45, 2.75) is 12.5 Å². The third-order valence-corrected chi connectivity index (χ3v) is 4.77. The van der Waals surface area contributed by atoms with Crippen LogP contribution in [0.5, 0.6) is 0 Å². The predicted octanol–water partition coefficient (Wildman–Crippen LogP) is 3.31. The molecule has 5 nitrogen and oxygen atoms in total. The van der Waals surface area contributed by atoms with Crippen LogP contribution in [0.3, 0.4) is 0 Å². The molecule has 0 aromatic heterocycles. The summed E-state index contributed by atoms with van der Waals surface area (Å²) in [6.45, 7) is 4.10. The fourth-order valence-electron chi connectivity index (χ4n) is 3.29. The Hall–Kier alpha value is -2.67. The Balaban J connectivity index is 1.53. The molecular weight excluding hydrogens is 352 g/mol. The zero-order valence-electron chi connectivity index (χ0n) is 15.0. The molecule has 0 bridgehead atoms. The van der Waals surface area contributed by atoms with E-state index < -0.39 is 12.2 Å². The van der Waals surface area contributed by atoms with Crippen LogP contribution in [0.2, 0.25) is 0 Å². The number of carbonyl (C=O) groups is 1. The molecule has 1 unspecified atom stereocenters. The molecule has 7 heteroatoms. The summed E-state index contributed by atoms with van der Waals surface area (Å²) in [5, 5.41) is 0. The second-order valence-corrected chi connectivity index (χ2v) is 6.57. The second kappa shape index (κ2) is 8.81. The summed E-state index contributed by atoms with van der Waals surface area (Å²) in [7, 11) is 0. The molecule has 0 aliphatic carbocycles. The molecule has 27 heavy (non-hydrogen) atoms. The van der Waals surface area contributed by atoms with Crippen LogP contribution in [0.15, 0.2) is 48.5 Å². The van der Waals surface area contributed by atoms with Crippen molar-refractivity contribution in [3.63, 3.8) is 0 Å². The summed E-state index contributed by atoms with van der Waals surface area (Å²) in [4.78, 5) is 15.7. The molecule has 1 heterocycles. The first kappa shape index (κ1) is 19.1. The number of amides is 1. The van der Waals surface area contributed by atoms with Gasteiger partial charge in [0, 0.05) is 44.8 Å². The maximum Gasteiger partial charge on any atom is 0.405 e. The number of benzene rings is 2. The molecule has 2 N–H and O–H groups in total. The Labute approximate surface area is 157 Å². The Morgan fingerprint density at radius 2 is 1.52 bits per heavy atom. The molecule has 2 aromatic carbocycles. The zero-order chi connectivity index (χ0) is 19.2. The molecule has 1 aliphatic heterocycles. The second-order valence-electron chi connectivity index (χ2n) is 6.57. The Morgan fingerprint density at radius 3 is 2.07 bits per heavy atom. The minimum absolute atomic E-state index is 0.237. The van der Waals surface area contributed by atoms with E-state index in [9.17, 15) is 13.6 Å². The lowest BCUT2D eigenvalue weighted by Crippen LogP contribution is -2.46. The predicted molar refractivity (Wildman–Crippen MR) is 99.5 cm³/mol. The van der Waals surface area contributed by atoms with Gasteiger partial charge in [-0.15, -0.1) is 0 Å². The van der Waals surface area contributed by atoms with Gasteiger partial charge in [-0.2, -0.15) is 0 Å². The van der Waals surface area contributed by atoms with Crippen LogP contribution < -0.4 is 10.6 Å². The van der Waals surface area contributed by atoms with E-state index in [0.29, 0.717) is 6.42 Å². The van der Waals surface area contributed by atoms with Crippen LogP contribution in [-0.4, -0.2) is 43.7 Å². The summed E-state index contributed by atoms with van der Waals surface area (Å²) in [6, 6.07) is 12.4. The summed E-state index contributed by atoms with van der Waals surface area (Å²) in [5.74, 6) is -0.577. The molecule has 2 aromatic rings. The number of rotatable bonds is 6. The van der Waals surface area contributed by atoms with Gasteiger partial charge in [-0.25, -0.2) is 13.6 Å². The number of hydrogen-bond donors (Lipinski definition) is 1. The van der Waals surface area contributed by atoms with E-state index in [2.05, 4.69) is 9.80 Å². The summed E-state index contributed by atoms with van der Waals surface area (Å²) >= 11 is 0. The zero-order valence-corrected chi connectivity index (χ0v) is 15.0. The molecule has 1 saturated heterocycles. The van der Waals surface area contributed by atoms with Crippen molar-refractivity contribution in [3.05, 3.63) is 65.7 Å². The Morgan fingerprint density at radius 1 is 0.963 bits per heavy atom. The number of carbonyl (C=O) groups excluding carboxylic acids is 1. The monoisotopic (exact) mass is 375 g/mol. The van der Waals surface area contributed by atoms with Gasteiger partial charge < -0.3 is 15.4 Å². The van der Waals surface area contributed by atoms with Crippen molar-refractivity contribution in [1.29, 1.82) is 0 Å². The lowest BCUT2D eigenvalue weighted by Gasteiger charge is -2.36. The van der Waals surface area contributed by atoms with Gasteiger partial charge in [-0.1, -0.05) is 12.1 Å². The van der Waals surface area contributed by atoms with E-state index in [-0.39, 0.29) is 11.6 Å². The number of primary amides is 1. The first-order valence-corrected chi connectivity index (χ1v) is 8.95. The molecule has 1 atom stereocenters. The maximum absolute atomic E-state index is 13.1. The minimum Gasteiger partial charge on any atom is -0.441 e. The fraction of sp³-hybridized carbons (Fsp3) is 0.350. The molecular formula is C20H23F2N3O2. The smallest absolute Gasteiger partial charge is 0.405 e. The lowest BCUT2D eigenvalue weighted by atomic mass is 10.1. The van der Waals surface area contributed by atoms with E-state index in [0.717, 1.165) is 44.0 Å². The van der Waals surface area contributed by atoms with Crippen molar-refractivity contribution in [3.8, 4) is 0 Å². The Kier molecular flexibility index (Phi) is 6.24. The van der Waals surface area contributed by atoms with E-state index in [4.69, 9.17) is 10.5 Å². The van der Waals surface area contributed by atoms with Gasteiger partial charge in [0.05, 0.1) is 0 Å². The normalized spacial score (nSPS) is 16.1. The summed E-state index contributed by atoms with van der Waals surface area (Å²) in [6.07, 6.45) is -0.769. The van der Waals surface area contributed by atoms with E-state index in [1.54, 1.807) is 24.3 Å². The van der Waals surface area contributed by atoms with Crippen molar-refractivity contribution in [2.24, 2.45) is 5.73 Å². The van der Waals surface area contributed by atoms with Crippen molar-refractivity contribution < 1.29 is 18.3 Å². The van der Waals surface area contributed by atoms with Gasteiger partial charge in [-0.3, -0.25) is 4.90 Å². The van der Waals surface area contributed by atoms with Gasteiger partial charge in [-0.05, 0) is 42.0 Å². The van der Waals surface area contributed by atoms with Crippen molar-refractivity contribution >= 4 is 11.8 Å². The molecule has 3 rings (SSSR count). The number of hydrogen-bond acceptors (Lipinski definition) is 4. The van der Waals surface area contributed by atoms with Crippen LogP contribution in [0.1, 0.15) is 18.1 Å². The third kappa shape index (κ3) is 5.40. The minimum atomic E-state index is -0.842. The van der Waals surface area contributed by atoms with Crippen LogP contribution in [0, 0.1) is 11.6 Å². The van der Waals surface area contributed by atoms with Gasteiger partial charge in [0.15, 0.2) is 0 Å². The summed E-state index contributed by atoms with van der Waals surface area (Å²) < 4.78 is 31.4. The first-order valence-electron chi connectivity index (χ1n) is 8.95. The van der Waals surface area contributed by atoms with Crippen LogP contribution in [0.4, 0.5) is 19.3 Å². The highest BCUT2D eigenvalue weighted by Gasteiger charge is 2.21. The number of halogens is 2. The largest absolute Gasteiger partial charge is 0.441 e. The number of ether oxygens (including phenoxy) is 1. The number of anilines is 1. The van der Waals surface area contributed by atoms with Gasteiger partial charge in [0.2, 0.25) is 0 Å². The Bertz CT molecular complexity index is 745. The van der Waals surface area contributed by atoms with Crippen molar-refractivity contribution in [1.82, 2.24) is 4.90 Å². The summed E-state index contributed by atoms with van der Waals surface area (Å²) in [5.41, 5.74) is 6.91. The van der Waals surface area contributed by atoms with Crippen LogP contribution in [0.25, 0.3) is 0 Å². The average Bonchev–Trinajstić information content (AvgIpc) is 2.67. The number of nitrogens with zero attached hydrogens (tertiary/aromatic N) is 2. The fourth-order valence-corrected chi connectivity index (χ4v) is 3.29. The quantitative estimate of drug-likeness (QED) is 0.842. The highest BCUT2D eigenvalue weighted by atomic mass is 19.1. The van der Waals surface area contributed by atoms with E-state index in [1.807, 2.05) is 0 Å². The number of piperazine rings is 1. The van der Waals surface area contributed by atoms with Gasteiger partial charge in [0.1, 0.15) is 17.7 Å². The standard InChI is InChI=1S/C20H23F2N3O2/c21-16-3-1-15(2-4-16)19(27-20(23)26)9-10-24-11-13-25(14-12-24)18-7-5-17(22)6-8-18/h1-8,19H,9-14H2,(H2,23,26). The van der Waals surface area contributed by atoms with Gasteiger partial charge in [0.25, 0.3) is 0 Å². The lowest BCUT2D eigenvalue weighted by molar-refractivity contribution is 0.0910. The molecule has 1 fully saturated rings. The number of nitrogens with two attached hydrogens (primary N) is 1. The molecule has 1 amide bonds. The third-order valence-electron chi connectivity index (χ3n) is 4.77. The maximum atomic E-state index is 13.1. The molecule has 1 aliphatic rings. The highest BCUT2D eigenvalue weighted by Crippen LogP contribution is 2.23. The van der Waals surface area contributed by atoms with Crippen molar-refractivity contribution in [2.75, 3.05) is 37.6 Å². The topological polar surface area (TPSA) is 58.8 Å². The van der Waals surface area contributed by atoms with Gasteiger partial charge >= 0.3 is 6.09 Å². The van der Waals surface area contributed by atoms with Crippen LogP contribution in [-0.2, 0) is 4.74 Å². The molecule has 144 valence electrons. The molecule has 0 saturated carbocycles. The average molecular weight is 375 g/mol. The highest BCUT2D eigenvalue weighted by molar-refractivity contribution is 5.65. The van der Waals surface area contributed by atoms with E-state index >= 15 is 0 Å². The SMILES string of the molecule is NC(=O)OC(CCN1CCN(c2ccc(F)cc2)CC1)c1ccc(F)cc1. The first-order chi connectivity index (χ1) is 13.0. The molecule has 0 spiro atoms. The van der Waals surface area contributed by atoms with E-state index in [1.165, 1.54) is 24.3 Å². The van der Waals surface area contributed by atoms with Crippen LogP contribution >= 0.6 is 0 Å². The molecule has 0 radical (unpaired) electrons.